The van der Waals surface area contributed by atoms with Gasteiger partial charge in [-0.05, 0) is 20.8 Å². The fourth-order valence-electron chi connectivity index (χ4n) is 1.47. The van der Waals surface area contributed by atoms with Gasteiger partial charge in [0.15, 0.2) is 11.9 Å². The molecule has 0 saturated carbocycles. The molecule has 7 heteroatoms. The summed E-state index contributed by atoms with van der Waals surface area (Å²) in [7, 11) is 0. The predicted molar refractivity (Wildman–Crippen MR) is 66.1 cm³/mol. The van der Waals surface area contributed by atoms with E-state index in [2.05, 4.69) is 22.5 Å². The Hall–Kier alpha value is -2.04. The third kappa shape index (κ3) is 3.98. The summed E-state index contributed by atoms with van der Waals surface area (Å²) in [6.07, 6.45) is -0.848. The topological polar surface area (TPSA) is 102 Å². The van der Waals surface area contributed by atoms with Crippen LogP contribution in [0, 0.1) is 11.8 Å². The third-order valence-corrected chi connectivity index (χ3v) is 2.20. The zero-order valence-corrected chi connectivity index (χ0v) is 11.2. The number of hydrogen-bond donors (Lipinski definition) is 4. The lowest BCUT2D eigenvalue weighted by atomic mass is 10.1. The molecule has 1 unspecified atom stereocenters. The van der Waals surface area contributed by atoms with E-state index in [1.54, 1.807) is 6.92 Å². The zero-order valence-electron chi connectivity index (χ0n) is 11.2. The Bertz CT molecular complexity index is 493. The van der Waals surface area contributed by atoms with Crippen molar-refractivity contribution in [3.63, 3.8) is 0 Å². The molecule has 1 aliphatic rings. The van der Waals surface area contributed by atoms with Gasteiger partial charge in [-0.2, -0.15) is 0 Å². The van der Waals surface area contributed by atoms with Gasteiger partial charge in [0, 0.05) is 12.6 Å². The third-order valence-electron chi connectivity index (χ3n) is 2.20. The summed E-state index contributed by atoms with van der Waals surface area (Å²) in [4.78, 5) is 22.5. The van der Waals surface area contributed by atoms with Crippen LogP contribution < -0.4 is 10.6 Å². The molecule has 0 aromatic carbocycles. The van der Waals surface area contributed by atoms with Gasteiger partial charge in [0.05, 0.1) is 0 Å². The zero-order chi connectivity index (χ0) is 14.8. The van der Waals surface area contributed by atoms with Crippen molar-refractivity contribution in [2.75, 3.05) is 0 Å². The van der Waals surface area contributed by atoms with E-state index in [0.717, 1.165) is 0 Å². The number of carbonyl (C=O) groups is 2. The highest BCUT2D eigenvalue weighted by atomic mass is 16.5. The molecule has 1 atom stereocenters. The van der Waals surface area contributed by atoms with E-state index in [4.69, 9.17) is 0 Å². The molecule has 0 aliphatic carbocycles. The molecule has 2 amide bonds. The second-order valence-corrected chi connectivity index (χ2v) is 4.70. The number of nitrogens with zero attached hydrogens (tertiary/aromatic N) is 1. The lowest BCUT2D eigenvalue weighted by Crippen LogP contribution is -2.39. The van der Waals surface area contributed by atoms with Crippen LogP contribution in [0.3, 0.4) is 0 Å². The molecule has 0 saturated heterocycles. The molecule has 4 N–H and O–H groups in total. The number of carbonyl (C=O) groups excluding carboxylic acids is 2. The van der Waals surface area contributed by atoms with Crippen LogP contribution in [0.5, 0.6) is 0 Å². The van der Waals surface area contributed by atoms with Crippen molar-refractivity contribution in [3.8, 4) is 11.8 Å². The summed E-state index contributed by atoms with van der Waals surface area (Å²) in [5, 5.41) is 24.8. The molecule has 0 fully saturated rings. The largest absolute Gasteiger partial charge is 0.378 e. The Morgan fingerprint density at radius 1 is 1.47 bits per heavy atom. The van der Waals surface area contributed by atoms with E-state index >= 15 is 0 Å². The van der Waals surface area contributed by atoms with Crippen molar-refractivity contribution >= 4 is 11.8 Å². The van der Waals surface area contributed by atoms with Crippen molar-refractivity contribution in [1.29, 1.82) is 0 Å². The van der Waals surface area contributed by atoms with Crippen LogP contribution in [-0.4, -0.2) is 39.0 Å². The predicted octanol–water partition coefficient (Wildman–Crippen LogP) is -0.725. The molecular weight excluding hydrogens is 250 g/mol. The van der Waals surface area contributed by atoms with Crippen LogP contribution >= 0.6 is 0 Å². The molecule has 19 heavy (non-hydrogen) atoms. The number of imide groups is 1. The molecule has 0 bridgehead atoms. The second-order valence-electron chi connectivity index (χ2n) is 4.70. The van der Waals surface area contributed by atoms with Gasteiger partial charge in [0.1, 0.15) is 5.60 Å². The van der Waals surface area contributed by atoms with Gasteiger partial charge in [-0.15, -0.1) is 0 Å². The summed E-state index contributed by atoms with van der Waals surface area (Å²) >= 11 is 0. The smallest absolute Gasteiger partial charge is 0.278 e. The summed E-state index contributed by atoms with van der Waals surface area (Å²) < 4.78 is 0. The molecule has 1 aliphatic heterocycles. The van der Waals surface area contributed by atoms with Gasteiger partial charge in [-0.1, -0.05) is 11.8 Å². The quantitative estimate of drug-likeness (QED) is 0.467. The summed E-state index contributed by atoms with van der Waals surface area (Å²) in [6, 6.07) is 0. The minimum Gasteiger partial charge on any atom is -0.378 e. The number of amides is 2. The molecule has 104 valence electrons. The minimum atomic E-state index is -1.21. The first kappa shape index (κ1) is 15.0. The Labute approximate surface area is 111 Å². The average Bonchev–Trinajstić information content (AvgIpc) is 2.48. The Kier molecular flexibility index (Phi) is 4.19. The van der Waals surface area contributed by atoms with Crippen molar-refractivity contribution in [1.82, 2.24) is 15.7 Å². The summed E-state index contributed by atoms with van der Waals surface area (Å²) in [6.45, 7) is 5.77. The molecule has 1 heterocycles. The van der Waals surface area contributed by atoms with E-state index in [1.165, 1.54) is 20.8 Å². The fraction of sp³-hybridized carbons (Fsp3) is 0.500. The van der Waals surface area contributed by atoms with E-state index in [1.807, 2.05) is 0 Å². The van der Waals surface area contributed by atoms with E-state index in [-0.39, 0.29) is 5.70 Å². The standard InChI is InChI=1S/C12H17N3O4/c1-7-10(11(17)14-8(2)16)15(19)9(13-7)5-6-12(3,4)18/h9,13,18-19H,1-4H3,(H,14,16,17). The molecule has 7 nitrogen and oxygen atoms in total. The Morgan fingerprint density at radius 3 is 2.53 bits per heavy atom. The van der Waals surface area contributed by atoms with Crippen molar-refractivity contribution in [3.05, 3.63) is 11.4 Å². The van der Waals surface area contributed by atoms with E-state index in [0.29, 0.717) is 10.8 Å². The lowest BCUT2D eigenvalue weighted by Gasteiger charge is -2.17. The number of aliphatic hydroxyl groups is 1. The van der Waals surface area contributed by atoms with Gasteiger partial charge in [-0.25, -0.2) is 5.06 Å². The average molecular weight is 267 g/mol. The first-order valence-corrected chi connectivity index (χ1v) is 5.64. The van der Waals surface area contributed by atoms with Crippen LogP contribution in [0.2, 0.25) is 0 Å². The highest BCUT2D eigenvalue weighted by Gasteiger charge is 2.32. The Balaban J connectivity index is 2.87. The maximum atomic E-state index is 11.7. The van der Waals surface area contributed by atoms with Gasteiger partial charge in [-0.3, -0.25) is 20.1 Å². The highest BCUT2D eigenvalue weighted by Crippen LogP contribution is 2.17. The first-order chi connectivity index (χ1) is 8.61. The second kappa shape index (κ2) is 5.30. The van der Waals surface area contributed by atoms with Gasteiger partial charge >= 0.3 is 0 Å². The minimum absolute atomic E-state index is 0.0785. The van der Waals surface area contributed by atoms with Crippen LogP contribution in [0.25, 0.3) is 0 Å². The normalized spacial score (nSPS) is 18.6. The van der Waals surface area contributed by atoms with Crippen LogP contribution in [0.1, 0.15) is 27.7 Å². The monoisotopic (exact) mass is 267 g/mol. The molecule has 0 radical (unpaired) electrons. The number of allylic oxidation sites excluding steroid dienone is 1. The maximum absolute atomic E-state index is 11.7. The van der Waals surface area contributed by atoms with Crippen LogP contribution in [0.4, 0.5) is 0 Å². The van der Waals surface area contributed by atoms with Gasteiger partial charge in [0.25, 0.3) is 5.91 Å². The summed E-state index contributed by atoms with van der Waals surface area (Å²) in [5.74, 6) is 3.89. The van der Waals surface area contributed by atoms with E-state index in [9.17, 15) is 19.9 Å². The molecule has 0 aromatic heterocycles. The van der Waals surface area contributed by atoms with Gasteiger partial charge < -0.3 is 10.4 Å². The number of hydrogen-bond acceptors (Lipinski definition) is 6. The molecule has 1 rings (SSSR count). The van der Waals surface area contributed by atoms with Gasteiger partial charge in [0.2, 0.25) is 5.91 Å². The number of rotatable bonds is 1. The SMILES string of the molecule is CC(=O)NC(=O)C1=C(C)NC(C#CC(C)(C)O)N1O. The van der Waals surface area contributed by atoms with Crippen LogP contribution in [0.15, 0.2) is 11.4 Å². The Morgan fingerprint density at radius 2 is 2.05 bits per heavy atom. The molecule has 0 spiro atoms. The number of nitrogens with one attached hydrogen (secondary N) is 2. The van der Waals surface area contributed by atoms with E-state index < -0.39 is 23.6 Å². The molecular formula is C12H17N3O4. The number of hydroxylamine groups is 2. The molecule has 0 aromatic rings. The van der Waals surface area contributed by atoms with Crippen molar-refractivity contribution in [2.45, 2.75) is 39.5 Å². The lowest BCUT2D eigenvalue weighted by molar-refractivity contribution is -0.133. The van der Waals surface area contributed by atoms with Crippen LogP contribution in [-0.2, 0) is 9.59 Å². The summed E-state index contributed by atoms with van der Waals surface area (Å²) in [5.41, 5.74) is -0.901. The van der Waals surface area contributed by atoms with Crippen molar-refractivity contribution < 1.29 is 19.9 Å². The highest BCUT2D eigenvalue weighted by molar-refractivity contribution is 6.03. The maximum Gasteiger partial charge on any atom is 0.278 e. The first-order valence-electron chi connectivity index (χ1n) is 5.64. The fourth-order valence-corrected chi connectivity index (χ4v) is 1.47. The van der Waals surface area contributed by atoms with Crippen molar-refractivity contribution in [2.24, 2.45) is 0 Å².